The number of carbonyl (C=O) groups is 4. The number of nitrogens with zero attached hydrogens (tertiary/aromatic N) is 1. The number of amides is 2. The second-order valence-electron chi connectivity index (χ2n) is 9.02. The van der Waals surface area contributed by atoms with Crippen molar-refractivity contribution in [2.24, 2.45) is 17.8 Å². The fourth-order valence-electron chi connectivity index (χ4n) is 5.81. The van der Waals surface area contributed by atoms with Crippen LogP contribution in [0.2, 0.25) is 0 Å². The number of ketones is 2. The van der Waals surface area contributed by atoms with Gasteiger partial charge in [0.1, 0.15) is 0 Å². The van der Waals surface area contributed by atoms with Gasteiger partial charge in [-0.15, -0.1) is 0 Å². The highest BCUT2D eigenvalue weighted by atomic mass is 127. The van der Waals surface area contributed by atoms with E-state index in [4.69, 9.17) is 4.74 Å². The number of phenols is 1. The molecular formula is C25H22INO6. The van der Waals surface area contributed by atoms with Crippen LogP contribution in [0.25, 0.3) is 0 Å². The standard InChI is InChI=1S/C25H22INO6/c1-10-6-17(28)15-9-14-12(4-5-13-20(14)25(32)27(2)24(13)31)19(21(15)22(10)29)11-7-16(26)23(30)18(8-11)33-3/h4,6-8,13-14,19-20,30H,5,9H2,1-3H3. The van der Waals surface area contributed by atoms with E-state index in [0.29, 0.717) is 32.3 Å². The van der Waals surface area contributed by atoms with Crippen LogP contribution in [0.5, 0.6) is 11.5 Å². The van der Waals surface area contributed by atoms with Crippen molar-refractivity contribution in [1.82, 2.24) is 4.90 Å². The Morgan fingerprint density at radius 2 is 1.85 bits per heavy atom. The molecule has 0 bridgehead atoms. The lowest BCUT2D eigenvalue weighted by molar-refractivity contribution is -0.138. The number of allylic oxidation sites excluding steroid dienone is 6. The van der Waals surface area contributed by atoms with Gasteiger partial charge < -0.3 is 9.84 Å². The highest BCUT2D eigenvalue weighted by Gasteiger charge is 2.55. The number of rotatable bonds is 2. The summed E-state index contributed by atoms with van der Waals surface area (Å²) in [4.78, 5) is 53.3. The summed E-state index contributed by atoms with van der Waals surface area (Å²) in [6, 6.07) is 3.46. The highest BCUT2D eigenvalue weighted by Crippen LogP contribution is 2.55. The molecule has 4 atom stereocenters. The van der Waals surface area contributed by atoms with Gasteiger partial charge in [-0.05, 0) is 72.0 Å². The third-order valence-corrected chi connectivity index (χ3v) is 8.21. The van der Waals surface area contributed by atoms with Crippen LogP contribution in [0.1, 0.15) is 31.2 Å². The van der Waals surface area contributed by atoms with Crippen LogP contribution in [0.4, 0.5) is 0 Å². The predicted molar refractivity (Wildman–Crippen MR) is 126 cm³/mol. The summed E-state index contributed by atoms with van der Waals surface area (Å²) in [5, 5.41) is 10.4. The first-order chi connectivity index (χ1) is 15.6. The zero-order chi connectivity index (χ0) is 23.8. The third-order valence-electron chi connectivity index (χ3n) is 7.39. The molecule has 1 heterocycles. The first-order valence-corrected chi connectivity index (χ1v) is 11.8. The molecule has 7 nitrogen and oxygen atoms in total. The van der Waals surface area contributed by atoms with Crippen LogP contribution < -0.4 is 4.74 Å². The van der Waals surface area contributed by atoms with Crippen LogP contribution in [0.15, 0.2) is 46.6 Å². The number of halogens is 1. The van der Waals surface area contributed by atoms with Gasteiger partial charge in [-0.25, -0.2) is 0 Å². The van der Waals surface area contributed by atoms with E-state index in [0.717, 1.165) is 5.57 Å². The molecule has 5 rings (SSSR count). The van der Waals surface area contributed by atoms with Crippen molar-refractivity contribution in [3.8, 4) is 11.5 Å². The number of Topliss-reactive ketones (excluding diaryl/α,β-unsaturated/α-hetero) is 1. The molecule has 1 fully saturated rings. The summed E-state index contributed by atoms with van der Waals surface area (Å²) in [6.07, 6.45) is 4.00. The number of fused-ring (bicyclic) bond motifs is 3. The number of hydrogen-bond acceptors (Lipinski definition) is 6. The van der Waals surface area contributed by atoms with Gasteiger partial charge >= 0.3 is 0 Å². The Bertz CT molecular complexity index is 1260. The molecule has 0 aromatic heterocycles. The molecule has 0 radical (unpaired) electrons. The number of benzene rings is 1. The number of imide groups is 1. The monoisotopic (exact) mass is 559 g/mol. The molecular weight excluding hydrogens is 537 g/mol. The summed E-state index contributed by atoms with van der Waals surface area (Å²) in [6.45, 7) is 1.63. The van der Waals surface area contributed by atoms with E-state index in [-0.39, 0.29) is 47.2 Å². The van der Waals surface area contributed by atoms with Gasteiger partial charge in [-0.1, -0.05) is 11.6 Å². The van der Waals surface area contributed by atoms with E-state index >= 15 is 0 Å². The molecule has 1 aromatic rings. The second-order valence-corrected chi connectivity index (χ2v) is 10.2. The van der Waals surface area contributed by atoms with Crippen molar-refractivity contribution in [2.45, 2.75) is 25.7 Å². The maximum atomic E-state index is 13.3. The van der Waals surface area contributed by atoms with Crippen molar-refractivity contribution < 1.29 is 29.0 Å². The van der Waals surface area contributed by atoms with Crippen molar-refractivity contribution in [3.05, 3.63) is 55.7 Å². The van der Waals surface area contributed by atoms with Gasteiger partial charge in [-0.3, -0.25) is 24.1 Å². The Morgan fingerprint density at radius 3 is 2.55 bits per heavy atom. The number of phenolic OH excluding ortho intramolecular Hbond substituents is 1. The minimum absolute atomic E-state index is 0.00131. The average molecular weight is 559 g/mol. The SMILES string of the molecule is COc1cc(C2C3=CCC4C(=O)N(C)C(=O)C4C3CC3=C2C(=O)C(C)=CC3=O)cc(I)c1O. The van der Waals surface area contributed by atoms with E-state index in [1.54, 1.807) is 19.1 Å². The molecule has 170 valence electrons. The van der Waals surface area contributed by atoms with Crippen molar-refractivity contribution >= 4 is 46.0 Å². The maximum Gasteiger partial charge on any atom is 0.233 e. The Hall–Kier alpha value is -2.75. The minimum atomic E-state index is -0.559. The van der Waals surface area contributed by atoms with Crippen LogP contribution >= 0.6 is 22.6 Å². The summed E-state index contributed by atoms with van der Waals surface area (Å²) in [5.74, 6) is -2.48. The molecule has 8 heteroatoms. The van der Waals surface area contributed by atoms with Gasteiger partial charge in [0, 0.05) is 29.7 Å². The molecule has 1 aliphatic heterocycles. The largest absolute Gasteiger partial charge is 0.504 e. The molecule has 0 spiro atoms. The second kappa shape index (κ2) is 7.65. The lowest BCUT2D eigenvalue weighted by Gasteiger charge is -2.42. The molecule has 33 heavy (non-hydrogen) atoms. The van der Waals surface area contributed by atoms with Gasteiger partial charge in [0.15, 0.2) is 23.1 Å². The van der Waals surface area contributed by atoms with Crippen LogP contribution in [0.3, 0.4) is 0 Å². The van der Waals surface area contributed by atoms with Crippen LogP contribution in [-0.4, -0.2) is 47.5 Å². The number of methoxy groups -OCH3 is 1. The number of ether oxygens (including phenoxy) is 1. The Kier molecular flexibility index (Phi) is 5.11. The minimum Gasteiger partial charge on any atom is -0.504 e. The van der Waals surface area contributed by atoms with Gasteiger partial charge in [0.25, 0.3) is 0 Å². The molecule has 0 saturated carbocycles. The Balaban J connectivity index is 1.74. The molecule has 1 saturated heterocycles. The number of hydrogen-bond donors (Lipinski definition) is 1. The van der Waals surface area contributed by atoms with Gasteiger partial charge in [0.05, 0.1) is 22.5 Å². The predicted octanol–water partition coefficient (Wildman–Crippen LogP) is 3.06. The van der Waals surface area contributed by atoms with E-state index < -0.39 is 17.8 Å². The van der Waals surface area contributed by atoms with E-state index in [9.17, 15) is 24.3 Å². The smallest absolute Gasteiger partial charge is 0.233 e. The fraction of sp³-hybridized carbons (Fsp3) is 0.360. The van der Waals surface area contributed by atoms with E-state index in [1.165, 1.54) is 25.1 Å². The molecule has 4 unspecified atom stereocenters. The Morgan fingerprint density at radius 1 is 1.12 bits per heavy atom. The maximum absolute atomic E-state index is 13.3. The average Bonchev–Trinajstić information content (AvgIpc) is 3.02. The number of carbonyl (C=O) groups excluding carboxylic acids is 4. The fourth-order valence-corrected chi connectivity index (χ4v) is 6.44. The van der Waals surface area contributed by atoms with Crippen molar-refractivity contribution in [3.63, 3.8) is 0 Å². The van der Waals surface area contributed by atoms with Crippen molar-refractivity contribution in [1.29, 1.82) is 0 Å². The molecule has 4 aliphatic rings. The highest BCUT2D eigenvalue weighted by molar-refractivity contribution is 14.1. The summed E-state index contributed by atoms with van der Waals surface area (Å²) < 4.78 is 5.90. The summed E-state index contributed by atoms with van der Waals surface area (Å²) in [5.41, 5.74) is 2.80. The van der Waals surface area contributed by atoms with Crippen molar-refractivity contribution in [2.75, 3.05) is 14.2 Å². The van der Waals surface area contributed by atoms with E-state index in [2.05, 4.69) is 0 Å². The normalized spacial score (nSPS) is 28.9. The van der Waals surface area contributed by atoms with Crippen LogP contribution in [0, 0.1) is 21.3 Å². The molecule has 2 amide bonds. The third kappa shape index (κ3) is 3.06. The molecule has 3 aliphatic carbocycles. The summed E-state index contributed by atoms with van der Waals surface area (Å²) >= 11 is 2.00. The first-order valence-electron chi connectivity index (χ1n) is 10.7. The number of likely N-dealkylation sites (tertiary alicyclic amines) is 1. The summed E-state index contributed by atoms with van der Waals surface area (Å²) in [7, 11) is 2.96. The lowest BCUT2D eigenvalue weighted by Crippen LogP contribution is -2.39. The molecule has 1 N–H and O–H groups in total. The Labute approximate surface area is 204 Å². The van der Waals surface area contributed by atoms with E-state index in [1.807, 2.05) is 28.7 Å². The lowest BCUT2D eigenvalue weighted by atomic mass is 9.59. The first kappa shape index (κ1) is 22.1. The van der Waals surface area contributed by atoms with Gasteiger partial charge in [-0.2, -0.15) is 0 Å². The molecule has 1 aromatic carbocycles. The van der Waals surface area contributed by atoms with Crippen LogP contribution in [-0.2, 0) is 19.2 Å². The quantitative estimate of drug-likeness (QED) is 0.259. The van der Waals surface area contributed by atoms with Gasteiger partial charge in [0.2, 0.25) is 11.8 Å². The topological polar surface area (TPSA) is 101 Å². The zero-order valence-corrected chi connectivity index (χ0v) is 20.5. The zero-order valence-electron chi connectivity index (χ0n) is 18.3. The number of aromatic hydroxyl groups is 1.